The van der Waals surface area contributed by atoms with Crippen molar-refractivity contribution in [3.05, 3.63) is 29.8 Å². The summed E-state index contributed by atoms with van der Waals surface area (Å²) in [7, 11) is 3.93. The van der Waals surface area contributed by atoms with Gasteiger partial charge in [0.25, 0.3) is 0 Å². The van der Waals surface area contributed by atoms with Gasteiger partial charge >= 0.3 is 6.36 Å². The molecule has 0 heterocycles. The number of aromatic hydroxyl groups is 1. The molecule has 1 saturated carbocycles. The highest BCUT2D eigenvalue weighted by atomic mass is 19.4. The molecule has 6 heteroatoms. The summed E-state index contributed by atoms with van der Waals surface area (Å²) in [5.74, 6) is 0.734. The standard InChI is InChI=1S/C18H22F3NO2/c1-22(2)10-16-12-4-3-11(7-12)8-14(16)15-9-13(23)5-6-17(15)24-18(19,20)21/h5-6,8-9,11-12,16,23H,3-4,7,10H2,1-2H3/t11-,12-,16+/m1/s1. The van der Waals surface area contributed by atoms with Gasteiger partial charge in [-0.2, -0.15) is 0 Å². The first-order valence-electron chi connectivity index (χ1n) is 8.18. The maximum absolute atomic E-state index is 12.7. The molecule has 3 rings (SSSR count). The Kier molecular flexibility index (Phi) is 4.51. The van der Waals surface area contributed by atoms with E-state index in [1.807, 2.05) is 14.1 Å². The van der Waals surface area contributed by atoms with E-state index in [0.717, 1.165) is 31.4 Å². The lowest BCUT2D eigenvalue weighted by Gasteiger charge is -2.33. The molecule has 1 fully saturated rings. The highest BCUT2D eigenvalue weighted by Crippen LogP contribution is 2.50. The molecule has 0 radical (unpaired) electrons. The van der Waals surface area contributed by atoms with E-state index in [-0.39, 0.29) is 17.4 Å². The van der Waals surface area contributed by atoms with Crippen LogP contribution in [-0.2, 0) is 0 Å². The Hall–Kier alpha value is -1.69. The SMILES string of the molecule is CN(C)C[C@@H]1C(c2cc(O)ccc2OC(F)(F)F)=C[C@@H]2CC[C@@H]1C2. The van der Waals surface area contributed by atoms with Crippen molar-refractivity contribution in [3.8, 4) is 11.5 Å². The van der Waals surface area contributed by atoms with Gasteiger partial charge in [0.2, 0.25) is 0 Å². The van der Waals surface area contributed by atoms with E-state index in [1.54, 1.807) is 0 Å². The third-order valence-corrected chi connectivity index (χ3v) is 4.96. The predicted molar refractivity (Wildman–Crippen MR) is 85.6 cm³/mol. The van der Waals surface area contributed by atoms with E-state index in [0.29, 0.717) is 17.4 Å². The maximum Gasteiger partial charge on any atom is 0.573 e. The molecule has 2 aliphatic carbocycles. The van der Waals surface area contributed by atoms with Crippen LogP contribution in [0.15, 0.2) is 24.3 Å². The van der Waals surface area contributed by atoms with Gasteiger partial charge in [-0.1, -0.05) is 6.08 Å². The van der Waals surface area contributed by atoms with Crippen LogP contribution in [0.3, 0.4) is 0 Å². The van der Waals surface area contributed by atoms with Crippen LogP contribution in [0.5, 0.6) is 11.5 Å². The van der Waals surface area contributed by atoms with Gasteiger partial charge in [0.1, 0.15) is 11.5 Å². The molecule has 0 amide bonds. The van der Waals surface area contributed by atoms with Gasteiger partial charge in [-0.3, -0.25) is 0 Å². The average molecular weight is 341 g/mol. The number of nitrogens with zero attached hydrogens (tertiary/aromatic N) is 1. The minimum Gasteiger partial charge on any atom is -0.508 e. The van der Waals surface area contributed by atoms with Gasteiger partial charge in [0, 0.05) is 12.1 Å². The first-order chi connectivity index (χ1) is 11.2. The summed E-state index contributed by atoms with van der Waals surface area (Å²) in [4.78, 5) is 2.06. The number of phenols is 1. The fourth-order valence-electron chi connectivity index (χ4n) is 4.09. The fraction of sp³-hybridized carbons (Fsp3) is 0.556. The highest BCUT2D eigenvalue weighted by Gasteiger charge is 2.39. The van der Waals surface area contributed by atoms with Gasteiger partial charge in [0.15, 0.2) is 0 Å². The zero-order valence-electron chi connectivity index (χ0n) is 13.8. The highest BCUT2D eigenvalue weighted by molar-refractivity contribution is 5.74. The summed E-state index contributed by atoms with van der Waals surface area (Å²) in [6, 6.07) is 3.81. The number of hydrogen-bond acceptors (Lipinski definition) is 3. The molecule has 0 aromatic heterocycles. The number of halogens is 3. The van der Waals surface area contributed by atoms with Crippen molar-refractivity contribution in [3.63, 3.8) is 0 Å². The molecule has 1 N–H and O–H groups in total. The zero-order valence-corrected chi connectivity index (χ0v) is 13.8. The smallest absolute Gasteiger partial charge is 0.508 e. The Bertz CT molecular complexity index is 640. The van der Waals surface area contributed by atoms with Crippen LogP contribution in [0, 0.1) is 17.8 Å². The topological polar surface area (TPSA) is 32.7 Å². The van der Waals surface area contributed by atoms with Crippen molar-refractivity contribution in [1.82, 2.24) is 4.90 Å². The maximum atomic E-state index is 12.7. The number of hydrogen-bond donors (Lipinski definition) is 1. The molecule has 0 saturated heterocycles. The second kappa shape index (κ2) is 6.31. The van der Waals surface area contributed by atoms with E-state index < -0.39 is 6.36 Å². The van der Waals surface area contributed by atoms with Crippen molar-refractivity contribution in [2.75, 3.05) is 20.6 Å². The van der Waals surface area contributed by atoms with E-state index in [2.05, 4.69) is 15.7 Å². The number of allylic oxidation sites excluding steroid dienone is 1. The zero-order chi connectivity index (χ0) is 17.5. The Balaban J connectivity index is 2.03. The molecule has 0 aliphatic heterocycles. The van der Waals surface area contributed by atoms with Crippen LogP contribution in [0.1, 0.15) is 24.8 Å². The second-order valence-corrected chi connectivity index (χ2v) is 7.05. The van der Waals surface area contributed by atoms with Crippen molar-refractivity contribution in [2.24, 2.45) is 17.8 Å². The van der Waals surface area contributed by atoms with E-state index in [9.17, 15) is 18.3 Å². The Morgan fingerprint density at radius 2 is 2.00 bits per heavy atom. The Morgan fingerprint density at radius 1 is 1.25 bits per heavy atom. The van der Waals surface area contributed by atoms with E-state index >= 15 is 0 Å². The van der Waals surface area contributed by atoms with Gasteiger partial charge in [-0.05, 0) is 74.9 Å². The lowest BCUT2D eigenvalue weighted by molar-refractivity contribution is -0.274. The first kappa shape index (κ1) is 17.1. The lowest BCUT2D eigenvalue weighted by atomic mass is 9.76. The molecule has 1 aromatic carbocycles. The molecular formula is C18H22F3NO2. The Morgan fingerprint density at radius 3 is 2.67 bits per heavy atom. The normalized spacial score (nSPS) is 26.6. The number of ether oxygens (including phenoxy) is 1. The predicted octanol–water partition coefficient (Wildman–Crippen LogP) is 4.28. The fourth-order valence-corrected chi connectivity index (χ4v) is 4.09. The number of alkyl halides is 3. The third kappa shape index (κ3) is 3.69. The van der Waals surface area contributed by atoms with Crippen molar-refractivity contribution in [1.29, 1.82) is 0 Å². The first-order valence-corrected chi connectivity index (χ1v) is 8.18. The molecule has 2 aliphatic rings. The molecule has 132 valence electrons. The summed E-state index contributed by atoms with van der Waals surface area (Å²) in [6.07, 6.45) is 0.604. The molecule has 0 spiro atoms. The minimum absolute atomic E-state index is 0.0538. The van der Waals surface area contributed by atoms with Crippen molar-refractivity contribution in [2.45, 2.75) is 25.6 Å². The van der Waals surface area contributed by atoms with Gasteiger partial charge in [-0.25, -0.2) is 0 Å². The molecule has 2 bridgehead atoms. The number of rotatable bonds is 4. The summed E-state index contributed by atoms with van der Waals surface area (Å²) >= 11 is 0. The molecule has 1 aromatic rings. The number of fused-ring (bicyclic) bond motifs is 2. The summed E-state index contributed by atoms with van der Waals surface area (Å²) in [5.41, 5.74) is 1.23. The molecular weight excluding hydrogens is 319 g/mol. The van der Waals surface area contributed by atoms with E-state index in [1.165, 1.54) is 18.2 Å². The second-order valence-electron chi connectivity index (χ2n) is 7.05. The quantitative estimate of drug-likeness (QED) is 0.887. The van der Waals surface area contributed by atoms with Crippen LogP contribution >= 0.6 is 0 Å². The summed E-state index contributed by atoms with van der Waals surface area (Å²) < 4.78 is 42.5. The van der Waals surface area contributed by atoms with Gasteiger partial charge in [-0.15, -0.1) is 13.2 Å². The molecule has 24 heavy (non-hydrogen) atoms. The monoisotopic (exact) mass is 341 g/mol. The van der Waals surface area contributed by atoms with Crippen molar-refractivity contribution >= 4 is 5.57 Å². The molecule has 3 atom stereocenters. The minimum atomic E-state index is -4.75. The third-order valence-electron chi connectivity index (χ3n) is 4.96. The number of benzene rings is 1. The van der Waals surface area contributed by atoms with Crippen LogP contribution in [0.25, 0.3) is 5.57 Å². The molecule has 3 nitrogen and oxygen atoms in total. The Labute approximate surface area is 139 Å². The van der Waals surface area contributed by atoms with Crippen LogP contribution in [0.2, 0.25) is 0 Å². The van der Waals surface area contributed by atoms with Crippen LogP contribution in [0.4, 0.5) is 13.2 Å². The van der Waals surface area contributed by atoms with Gasteiger partial charge in [0.05, 0.1) is 0 Å². The summed E-state index contributed by atoms with van der Waals surface area (Å²) in [5, 5.41) is 9.81. The van der Waals surface area contributed by atoms with Crippen LogP contribution in [-0.4, -0.2) is 37.0 Å². The molecule has 0 unspecified atom stereocenters. The largest absolute Gasteiger partial charge is 0.573 e. The summed E-state index contributed by atoms with van der Waals surface area (Å²) in [6.45, 7) is 0.768. The van der Waals surface area contributed by atoms with Crippen LogP contribution < -0.4 is 4.74 Å². The van der Waals surface area contributed by atoms with Gasteiger partial charge < -0.3 is 14.7 Å². The average Bonchev–Trinajstić information content (AvgIpc) is 2.85. The van der Waals surface area contributed by atoms with Crippen molar-refractivity contribution < 1.29 is 23.0 Å². The lowest BCUT2D eigenvalue weighted by Crippen LogP contribution is -2.30. The number of phenolic OH excluding ortho intramolecular Hbond substituents is 1. The van der Waals surface area contributed by atoms with E-state index in [4.69, 9.17) is 0 Å².